The fourth-order valence-corrected chi connectivity index (χ4v) is 2.40. The average Bonchev–Trinajstić information content (AvgIpc) is 2.55. The van der Waals surface area contributed by atoms with Crippen LogP contribution in [0.4, 0.5) is 9.80 Å². The van der Waals surface area contributed by atoms with Crippen molar-refractivity contribution < 1.29 is 9.53 Å². The van der Waals surface area contributed by atoms with Gasteiger partial charge in [-0.2, -0.15) is 0 Å². The molecule has 1 N–H and O–H groups in total. The largest absolute Gasteiger partial charge is 0.444 e. The summed E-state index contributed by atoms with van der Waals surface area (Å²) in [6.45, 7) is 5.53. The molecule has 1 amide bonds. The number of hydrogen-bond donors (Lipinski definition) is 1. The molecule has 0 atom stereocenters. The van der Waals surface area contributed by atoms with Gasteiger partial charge in [0.15, 0.2) is 0 Å². The number of fused-ring (bicyclic) bond motifs is 1. The van der Waals surface area contributed by atoms with E-state index in [0.717, 1.165) is 15.1 Å². The average molecular weight is 249 g/mol. The molecule has 0 saturated heterocycles. The van der Waals surface area contributed by atoms with Crippen LogP contribution in [0.5, 0.6) is 0 Å². The number of rotatable bonds is 1. The van der Waals surface area contributed by atoms with Crippen LogP contribution < -0.4 is 5.32 Å². The van der Waals surface area contributed by atoms with Crippen molar-refractivity contribution in [1.82, 2.24) is 0 Å². The van der Waals surface area contributed by atoms with Crippen molar-refractivity contribution in [2.45, 2.75) is 26.4 Å². The van der Waals surface area contributed by atoms with Crippen molar-refractivity contribution in [3.8, 4) is 0 Å². The third-order valence-corrected chi connectivity index (χ3v) is 3.08. The number of carbonyl (C=O) groups excluding carboxylic acids is 1. The van der Waals surface area contributed by atoms with E-state index in [-0.39, 0.29) is 0 Å². The Bertz CT molecular complexity index is 507. The summed E-state index contributed by atoms with van der Waals surface area (Å²) in [6.07, 6.45) is -0.413. The summed E-state index contributed by atoms with van der Waals surface area (Å²) in [7, 11) is 0. The van der Waals surface area contributed by atoms with Crippen molar-refractivity contribution in [1.29, 1.82) is 0 Å². The number of hydrogen-bond acceptors (Lipinski definition) is 3. The maximum atomic E-state index is 11.6. The van der Waals surface area contributed by atoms with E-state index in [4.69, 9.17) is 4.74 Å². The molecule has 0 bridgehead atoms. The highest BCUT2D eigenvalue weighted by Crippen LogP contribution is 2.29. The summed E-state index contributed by atoms with van der Waals surface area (Å²) in [5, 5.41) is 4.68. The van der Waals surface area contributed by atoms with Gasteiger partial charge in [0, 0.05) is 4.70 Å². The summed E-state index contributed by atoms with van der Waals surface area (Å²) < 4.78 is 6.35. The zero-order valence-corrected chi connectivity index (χ0v) is 10.9. The van der Waals surface area contributed by atoms with E-state index in [1.165, 1.54) is 11.3 Å². The van der Waals surface area contributed by atoms with Gasteiger partial charge in [0.25, 0.3) is 0 Å². The lowest BCUT2D eigenvalue weighted by Crippen LogP contribution is -2.26. The minimum Gasteiger partial charge on any atom is -0.444 e. The lowest BCUT2D eigenvalue weighted by atomic mass is 10.2. The van der Waals surface area contributed by atoms with E-state index in [2.05, 4.69) is 5.32 Å². The first-order valence-electron chi connectivity index (χ1n) is 5.43. The van der Waals surface area contributed by atoms with Crippen LogP contribution in [0.2, 0.25) is 0 Å². The van der Waals surface area contributed by atoms with E-state index in [1.807, 2.05) is 51.1 Å². The molecule has 2 aromatic rings. The summed E-state index contributed by atoms with van der Waals surface area (Å²) in [5.74, 6) is 0. The van der Waals surface area contributed by atoms with E-state index >= 15 is 0 Å². The van der Waals surface area contributed by atoms with E-state index in [9.17, 15) is 4.79 Å². The Kier molecular flexibility index (Phi) is 3.07. The molecular weight excluding hydrogens is 234 g/mol. The smallest absolute Gasteiger partial charge is 0.412 e. The predicted molar refractivity (Wildman–Crippen MR) is 71.7 cm³/mol. The van der Waals surface area contributed by atoms with Gasteiger partial charge in [0.05, 0.1) is 5.00 Å². The first kappa shape index (κ1) is 11.9. The molecule has 90 valence electrons. The molecule has 1 aromatic heterocycles. The second-order valence-corrected chi connectivity index (χ2v) is 5.86. The second kappa shape index (κ2) is 4.37. The molecule has 0 aliphatic carbocycles. The first-order chi connectivity index (χ1) is 7.94. The summed E-state index contributed by atoms with van der Waals surface area (Å²) in [6, 6.07) is 9.96. The maximum absolute atomic E-state index is 11.6. The Morgan fingerprint density at radius 1 is 1.29 bits per heavy atom. The number of anilines is 1. The summed E-state index contributed by atoms with van der Waals surface area (Å²) in [4.78, 5) is 11.6. The molecule has 0 saturated carbocycles. The normalized spacial score (nSPS) is 11.5. The SMILES string of the molecule is CC(C)(C)OC(=O)Nc1cc2ccccc2s1. The van der Waals surface area contributed by atoms with Gasteiger partial charge in [-0.05, 0) is 38.3 Å². The molecule has 0 unspecified atom stereocenters. The van der Waals surface area contributed by atoms with E-state index < -0.39 is 11.7 Å². The van der Waals surface area contributed by atoms with Gasteiger partial charge in [-0.1, -0.05) is 18.2 Å². The third-order valence-electron chi connectivity index (χ3n) is 2.05. The molecule has 17 heavy (non-hydrogen) atoms. The maximum Gasteiger partial charge on any atom is 0.412 e. The molecule has 4 heteroatoms. The van der Waals surface area contributed by atoms with Crippen LogP contribution in [0.15, 0.2) is 30.3 Å². The van der Waals surface area contributed by atoms with Crippen LogP contribution in [0.3, 0.4) is 0 Å². The van der Waals surface area contributed by atoms with Gasteiger partial charge in [-0.25, -0.2) is 4.79 Å². The number of benzene rings is 1. The van der Waals surface area contributed by atoms with Gasteiger partial charge in [0.1, 0.15) is 5.60 Å². The van der Waals surface area contributed by atoms with Crippen LogP contribution in [-0.2, 0) is 4.74 Å². The fraction of sp³-hybridized carbons (Fsp3) is 0.308. The van der Waals surface area contributed by atoms with Crippen molar-refractivity contribution in [2.24, 2.45) is 0 Å². The topological polar surface area (TPSA) is 38.3 Å². The van der Waals surface area contributed by atoms with Crippen LogP contribution in [0.1, 0.15) is 20.8 Å². The van der Waals surface area contributed by atoms with Gasteiger partial charge < -0.3 is 4.74 Å². The fourth-order valence-electron chi connectivity index (χ4n) is 1.45. The molecular formula is C13H15NO2S. The van der Waals surface area contributed by atoms with Gasteiger partial charge >= 0.3 is 6.09 Å². The van der Waals surface area contributed by atoms with E-state index in [1.54, 1.807) is 0 Å². The molecule has 0 aliphatic rings. The van der Waals surface area contributed by atoms with Gasteiger partial charge in [-0.15, -0.1) is 11.3 Å². The summed E-state index contributed by atoms with van der Waals surface area (Å²) in [5.41, 5.74) is -0.471. The van der Waals surface area contributed by atoms with Crippen molar-refractivity contribution in [2.75, 3.05) is 5.32 Å². The monoisotopic (exact) mass is 249 g/mol. The minimum absolute atomic E-state index is 0.413. The Hall–Kier alpha value is -1.55. The van der Waals surface area contributed by atoms with Crippen molar-refractivity contribution >= 4 is 32.5 Å². The number of ether oxygens (including phenoxy) is 1. The predicted octanol–water partition coefficient (Wildman–Crippen LogP) is 4.25. The van der Waals surface area contributed by atoms with E-state index in [0.29, 0.717) is 0 Å². The molecule has 0 radical (unpaired) electrons. The van der Waals surface area contributed by atoms with Crippen LogP contribution in [-0.4, -0.2) is 11.7 Å². The zero-order chi connectivity index (χ0) is 12.5. The molecule has 1 heterocycles. The third kappa shape index (κ3) is 3.20. The molecule has 1 aromatic carbocycles. The number of thiophene rings is 1. The lowest BCUT2D eigenvalue weighted by Gasteiger charge is -2.19. The second-order valence-electron chi connectivity index (χ2n) is 4.78. The quantitative estimate of drug-likeness (QED) is 0.820. The molecule has 3 nitrogen and oxygen atoms in total. The lowest BCUT2D eigenvalue weighted by molar-refractivity contribution is 0.0636. The molecule has 0 spiro atoms. The Balaban J connectivity index is 2.11. The highest BCUT2D eigenvalue weighted by molar-refractivity contribution is 7.22. The molecule has 0 fully saturated rings. The van der Waals surface area contributed by atoms with Crippen molar-refractivity contribution in [3.63, 3.8) is 0 Å². The Labute approximate surface area is 104 Å². The number of carbonyl (C=O) groups is 1. The van der Waals surface area contributed by atoms with Gasteiger partial charge in [-0.3, -0.25) is 5.32 Å². The molecule has 0 aliphatic heterocycles. The minimum atomic E-state index is -0.471. The highest BCUT2D eigenvalue weighted by Gasteiger charge is 2.16. The Morgan fingerprint density at radius 2 is 2.00 bits per heavy atom. The standard InChI is InChI=1S/C13H15NO2S/c1-13(2,3)16-12(15)14-11-8-9-6-4-5-7-10(9)17-11/h4-8H,1-3H3,(H,14,15). The van der Waals surface area contributed by atoms with Gasteiger partial charge in [0.2, 0.25) is 0 Å². The van der Waals surface area contributed by atoms with Crippen LogP contribution in [0.25, 0.3) is 10.1 Å². The summed E-state index contributed by atoms with van der Waals surface area (Å²) >= 11 is 1.54. The van der Waals surface area contributed by atoms with Crippen LogP contribution in [0, 0.1) is 0 Å². The Morgan fingerprint density at radius 3 is 2.65 bits per heavy atom. The van der Waals surface area contributed by atoms with Crippen LogP contribution >= 0.6 is 11.3 Å². The molecule has 2 rings (SSSR count). The number of nitrogens with one attached hydrogen (secondary N) is 1. The first-order valence-corrected chi connectivity index (χ1v) is 6.24. The highest BCUT2D eigenvalue weighted by atomic mass is 32.1. The number of amides is 1. The van der Waals surface area contributed by atoms with Crippen molar-refractivity contribution in [3.05, 3.63) is 30.3 Å². The zero-order valence-electron chi connectivity index (χ0n) is 10.1.